The Hall–Kier alpha value is -2.52. The molecule has 0 amide bonds. The molecule has 8 nitrogen and oxygen atoms in total. The summed E-state index contributed by atoms with van der Waals surface area (Å²) < 4.78 is 30.9. The van der Waals surface area contributed by atoms with Crippen LogP contribution < -0.4 is 16.0 Å². The number of aromatic nitrogens is 1. The highest BCUT2D eigenvalue weighted by atomic mass is 35.5. The number of methoxy groups -OCH3 is 1. The molecule has 0 saturated carbocycles. The summed E-state index contributed by atoms with van der Waals surface area (Å²) in [5, 5.41) is 8.91. The average Bonchev–Trinajstić information content (AvgIpc) is 2.51. The summed E-state index contributed by atoms with van der Waals surface area (Å²) in [6, 6.07) is 5.10. The third-order valence-corrected chi connectivity index (χ3v) is 5.11. The molecule has 1 aromatic heterocycles. The first-order valence-corrected chi connectivity index (χ1v) is 8.31. The average molecular weight is 373 g/mol. The molecule has 1 heterocycles. The highest BCUT2D eigenvalue weighted by molar-refractivity contribution is 7.90. The Morgan fingerprint density at radius 3 is 2.62 bits per heavy atom. The number of hydrogen-bond donors (Lipinski definition) is 2. The lowest BCUT2D eigenvalue weighted by molar-refractivity contribution is -0.136. The standard InChI is InChI=1S/C14H13ClN2O6S/c1-23-10-3-2-9(15)7-11(10)24(21,22)17-5-4-8(6-12(18)19)13(16)14(17)20/h2-5,7H,6,16H2,1H3,(H,18,19). The Bertz CT molecular complexity index is 968. The number of nitrogens with two attached hydrogens (primary N) is 1. The summed E-state index contributed by atoms with van der Waals surface area (Å²) in [5.74, 6) is -1.20. The minimum Gasteiger partial charge on any atom is -0.495 e. The third kappa shape index (κ3) is 3.22. The van der Waals surface area contributed by atoms with Crippen molar-refractivity contribution in [3.05, 3.63) is 51.4 Å². The van der Waals surface area contributed by atoms with Crippen molar-refractivity contribution in [3.63, 3.8) is 0 Å². The van der Waals surface area contributed by atoms with E-state index in [9.17, 15) is 18.0 Å². The van der Waals surface area contributed by atoms with E-state index < -0.39 is 33.7 Å². The second kappa shape index (κ2) is 6.54. The van der Waals surface area contributed by atoms with E-state index in [1.807, 2.05) is 0 Å². The van der Waals surface area contributed by atoms with E-state index in [4.69, 9.17) is 27.2 Å². The summed E-state index contributed by atoms with van der Waals surface area (Å²) in [4.78, 5) is 22.7. The van der Waals surface area contributed by atoms with Gasteiger partial charge in [0.15, 0.2) is 0 Å². The van der Waals surface area contributed by atoms with Gasteiger partial charge in [0.2, 0.25) is 0 Å². The first-order valence-electron chi connectivity index (χ1n) is 6.49. The number of nitrogens with zero attached hydrogens (tertiary/aromatic N) is 1. The van der Waals surface area contributed by atoms with Crippen molar-refractivity contribution in [2.75, 3.05) is 12.8 Å². The minimum absolute atomic E-state index is 0.000478. The van der Waals surface area contributed by atoms with Gasteiger partial charge in [0.25, 0.3) is 15.6 Å². The van der Waals surface area contributed by atoms with Crippen LogP contribution in [-0.2, 0) is 21.2 Å². The third-order valence-electron chi connectivity index (χ3n) is 3.19. The van der Waals surface area contributed by atoms with E-state index >= 15 is 0 Å². The summed E-state index contributed by atoms with van der Waals surface area (Å²) >= 11 is 5.82. The molecule has 0 radical (unpaired) electrons. The quantitative estimate of drug-likeness (QED) is 0.799. The number of rotatable bonds is 5. The molecule has 10 heteroatoms. The molecule has 0 spiro atoms. The molecule has 2 rings (SSSR count). The van der Waals surface area contributed by atoms with Crippen molar-refractivity contribution in [1.29, 1.82) is 0 Å². The van der Waals surface area contributed by atoms with Crippen molar-refractivity contribution in [1.82, 2.24) is 3.97 Å². The summed E-state index contributed by atoms with van der Waals surface area (Å²) in [7, 11) is -3.06. The molecule has 3 N–H and O–H groups in total. The molecule has 0 aliphatic rings. The maximum Gasteiger partial charge on any atom is 0.307 e. The summed E-state index contributed by atoms with van der Waals surface area (Å²) in [6.07, 6.45) is 0.453. The van der Waals surface area contributed by atoms with Crippen molar-refractivity contribution < 1.29 is 23.1 Å². The molecule has 0 saturated heterocycles. The molecule has 24 heavy (non-hydrogen) atoms. The topological polar surface area (TPSA) is 129 Å². The predicted molar refractivity (Wildman–Crippen MR) is 87.0 cm³/mol. The van der Waals surface area contributed by atoms with E-state index in [0.717, 1.165) is 12.3 Å². The number of ether oxygens (including phenoxy) is 1. The van der Waals surface area contributed by atoms with E-state index in [0.29, 0.717) is 3.97 Å². The lowest BCUT2D eigenvalue weighted by Crippen LogP contribution is -2.30. The first-order chi connectivity index (χ1) is 11.2. The Morgan fingerprint density at radius 2 is 2.04 bits per heavy atom. The van der Waals surface area contributed by atoms with Crippen molar-refractivity contribution >= 4 is 33.3 Å². The van der Waals surface area contributed by atoms with E-state index in [2.05, 4.69) is 0 Å². The van der Waals surface area contributed by atoms with Crippen LogP contribution in [0.2, 0.25) is 5.02 Å². The van der Waals surface area contributed by atoms with Crippen LogP contribution in [0.5, 0.6) is 5.75 Å². The van der Waals surface area contributed by atoms with Crippen molar-refractivity contribution in [2.24, 2.45) is 0 Å². The van der Waals surface area contributed by atoms with Crippen LogP contribution in [0.3, 0.4) is 0 Å². The Balaban J connectivity index is 2.68. The number of anilines is 1. The predicted octanol–water partition coefficient (Wildman–Crippen LogP) is 0.957. The molecule has 128 valence electrons. The van der Waals surface area contributed by atoms with Crippen LogP contribution in [-0.4, -0.2) is 30.6 Å². The van der Waals surface area contributed by atoms with Gasteiger partial charge in [0.1, 0.15) is 16.3 Å². The molecular weight excluding hydrogens is 360 g/mol. The molecule has 0 bridgehead atoms. The highest BCUT2D eigenvalue weighted by Crippen LogP contribution is 2.28. The maximum absolute atomic E-state index is 12.7. The Kier molecular flexibility index (Phi) is 4.86. The maximum atomic E-state index is 12.7. The van der Waals surface area contributed by atoms with Crippen LogP contribution in [0.25, 0.3) is 0 Å². The van der Waals surface area contributed by atoms with Gasteiger partial charge >= 0.3 is 5.97 Å². The molecule has 0 unspecified atom stereocenters. The molecule has 2 aromatic rings. The van der Waals surface area contributed by atoms with Crippen molar-refractivity contribution in [3.8, 4) is 5.75 Å². The van der Waals surface area contributed by atoms with Gasteiger partial charge in [-0.15, -0.1) is 0 Å². The van der Waals surface area contributed by atoms with Gasteiger partial charge in [-0.2, -0.15) is 0 Å². The SMILES string of the molecule is COc1ccc(Cl)cc1S(=O)(=O)n1ccc(CC(=O)O)c(N)c1=O. The number of carboxylic acids is 1. The minimum atomic E-state index is -4.34. The summed E-state index contributed by atoms with van der Waals surface area (Å²) in [6.45, 7) is 0. The van der Waals surface area contributed by atoms with Crippen LogP contribution in [0.15, 0.2) is 40.2 Å². The van der Waals surface area contributed by atoms with Gasteiger partial charge in [-0.25, -0.2) is 12.4 Å². The zero-order valence-electron chi connectivity index (χ0n) is 12.4. The summed E-state index contributed by atoms with van der Waals surface area (Å²) in [5.41, 5.74) is 4.11. The largest absolute Gasteiger partial charge is 0.495 e. The number of carboxylic acid groups (broad SMARTS) is 1. The fourth-order valence-corrected chi connectivity index (χ4v) is 3.70. The lowest BCUT2D eigenvalue weighted by atomic mass is 10.2. The van der Waals surface area contributed by atoms with Gasteiger partial charge in [-0.3, -0.25) is 9.59 Å². The zero-order chi connectivity index (χ0) is 18.1. The zero-order valence-corrected chi connectivity index (χ0v) is 14.0. The van der Waals surface area contributed by atoms with Crippen LogP contribution in [0, 0.1) is 0 Å². The highest BCUT2D eigenvalue weighted by Gasteiger charge is 2.25. The molecule has 0 fully saturated rings. The normalized spacial score (nSPS) is 11.2. The van der Waals surface area contributed by atoms with E-state index in [-0.39, 0.29) is 21.2 Å². The fraction of sp³-hybridized carbons (Fsp3) is 0.143. The van der Waals surface area contributed by atoms with Gasteiger partial charge in [-0.1, -0.05) is 11.6 Å². The van der Waals surface area contributed by atoms with Crippen LogP contribution in [0.4, 0.5) is 5.69 Å². The molecule has 1 aromatic carbocycles. The van der Waals surface area contributed by atoms with Crippen LogP contribution in [0.1, 0.15) is 5.56 Å². The number of aliphatic carboxylic acids is 1. The second-order valence-corrected chi connectivity index (χ2v) is 6.95. The van der Waals surface area contributed by atoms with E-state index in [1.165, 1.54) is 25.3 Å². The fourth-order valence-electron chi connectivity index (χ4n) is 2.04. The lowest BCUT2D eigenvalue weighted by Gasteiger charge is -2.13. The monoisotopic (exact) mass is 372 g/mol. The van der Waals surface area contributed by atoms with Gasteiger partial charge in [0, 0.05) is 11.2 Å². The smallest absolute Gasteiger partial charge is 0.307 e. The Morgan fingerprint density at radius 1 is 1.38 bits per heavy atom. The number of nitrogen functional groups attached to an aromatic ring is 1. The van der Waals surface area contributed by atoms with Gasteiger partial charge in [-0.05, 0) is 29.8 Å². The second-order valence-electron chi connectivity index (χ2n) is 4.73. The number of hydrogen-bond acceptors (Lipinski definition) is 6. The van der Waals surface area contributed by atoms with Gasteiger partial charge in [0.05, 0.1) is 13.5 Å². The van der Waals surface area contributed by atoms with Gasteiger partial charge < -0.3 is 15.6 Å². The van der Waals surface area contributed by atoms with Crippen molar-refractivity contribution in [2.45, 2.75) is 11.3 Å². The molecular formula is C14H13ClN2O6S. The van der Waals surface area contributed by atoms with E-state index in [1.54, 1.807) is 0 Å². The number of pyridine rings is 1. The first kappa shape index (κ1) is 17.8. The molecule has 0 atom stereocenters. The molecule has 0 aliphatic heterocycles. The Labute approximate surface area is 142 Å². The number of carbonyl (C=O) groups is 1. The number of halogens is 1. The number of benzene rings is 1. The molecule has 0 aliphatic carbocycles. The van der Waals surface area contributed by atoms with Crippen LogP contribution >= 0.6 is 11.6 Å².